The van der Waals surface area contributed by atoms with Gasteiger partial charge in [-0.3, -0.25) is 14.4 Å². The lowest BCUT2D eigenvalue weighted by Crippen LogP contribution is -2.37. The summed E-state index contributed by atoms with van der Waals surface area (Å²) in [5.41, 5.74) is 6.61. The fraction of sp³-hybridized carbons (Fsp3) is 0.646. The number of amides is 2. The number of nitrogens with two attached hydrogens (primary N) is 1. The van der Waals surface area contributed by atoms with Gasteiger partial charge in [-0.25, -0.2) is 19.7 Å². The topological polar surface area (TPSA) is 242 Å². The van der Waals surface area contributed by atoms with Crippen molar-refractivity contribution in [2.75, 3.05) is 28.4 Å². The third kappa shape index (κ3) is 15.2. The molecule has 6 bridgehead atoms. The number of rotatable bonds is 16. The number of hydrogen-bond donors (Lipinski definition) is 2. The predicted octanol–water partition coefficient (Wildman–Crippen LogP) is 7.82. The van der Waals surface area contributed by atoms with Crippen molar-refractivity contribution in [1.29, 1.82) is 0 Å². The van der Waals surface area contributed by atoms with Crippen LogP contribution in [0.4, 0.5) is 4.79 Å². The van der Waals surface area contributed by atoms with E-state index >= 15 is 0 Å². The molecular formula is C48H71N5O13. The maximum Gasteiger partial charge on any atom is 0.404 e. The first kappa shape index (κ1) is 53.4. The summed E-state index contributed by atoms with van der Waals surface area (Å²) in [6, 6.07) is 0. The lowest BCUT2D eigenvalue weighted by Gasteiger charge is -2.33. The molecule has 0 aliphatic carbocycles. The van der Waals surface area contributed by atoms with Crippen LogP contribution in [0.2, 0.25) is 0 Å². The largest absolute Gasteiger partial charge is 0.462 e. The van der Waals surface area contributed by atoms with Crippen LogP contribution in [0.15, 0.2) is 50.4 Å². The summed E-state index contributed by atoms with van der Waals surface area (Å²) in [7, 11) is 6.33. The molecule has 13 atom stereocenters. The molecule has 3 N–H and O–H groups in total. The molecule has 3 aromatic heterocycles. The van der Waals surface area contributed by atoms with Crippen LogP contribution in [0.5, 0.6) is 0 Å². The number of hydrogen-bond acceptors (Lipinski definition) is 16. The first-order chi connectivity index (χ1) is 31.4. The number of primary amides is 1. The zero-order valence-electron chi connectivity index (χ0n) is 40.3. The molecule has 366 valence electrons. The van der Waals surface area contributed by atoms with E-state index in [1.54, 1.807) is 33.5 Å². The van der Waals surface area contributed by atoms with E-state index in [9.17, 15) is 24.3 Å². The average molecular weight is 926 g/mol. The van der Waals surface area contributed by atoms with Crippen molar-refractivity contribution in [3.05, 3.63) is 48.7 Å². The molecule has 2 amide bonds. The van der Waals surface area contributed by atoms with Gasteiger partial charge in [-0.2, -0.15) is 0 Å². The van der Waals surface area contributed by atoms with Crippen LogP contribution >= 0.6 is 0 Å². The SMILES string of the molecule is COC1C/C=C/c2nc(co2)-c2nc(co2)-c2nc(co2)C(OC)C(C)C(O)CC(C)CC(OC(N)=O)CC(=O)OC(CC(C)C(C)CCC(=O)C(C)C(OC)C(C)/C=C/N(C)C=O)C1C. The van der Waals surface area contributed by atoms with Crippen LogP contribution in [0.3, 0.4) is 0 Å². The van der Waals surface area contributed by atoms with Gasteiger partial charge < -0.3 is 52.7 Å². The lowest BCUT2D eigenvalue weighted by molar-refractivity contribution is -0.158. The third-order valence-corrected chi connectivity index (χ3v) is 13.0. The van der Waals surface area contributed by atoms with Crippen LogP contribution in [-0.4, -0.2) is 108 Å². The number of ether oxygens (including phenoxy) is 5. The molecule has 0 aromatic carbocycles. The van der Waals surface area contributed by atoms with E-state index in [2.05, 4.69) is 28.8 Å². The van der Waals surface area contributed by atoms with E-state index in [4.69, 9.17) is 42.7 Å². The number of ketones is 1. The number of aliphatic hydroxyl groups excluding tert-OH is 1. The Morgan fingerprint density at radius 2 is 1.62 bits per heavy atom. The number of esters is 1. The van der Waals surface area contributed by atoms with Crippen LogP contribution in [0.25, 0.3) is 29.2 Å². The third-order valence-electron chi connectivity index (χ3n) is 13.0. The molecule has 18 nitrogen and oxygen atoms in total. The molecule has 0 saturated carbocycles. The molecule has 4 heterocycles. The van der Waals surface area contributed by atoms with E-state index in [0.29, 0.717) is 55.1 Å². The molecule has 4 rings (SSSR count). The molecule has 1 aliphatic rings. The Morgan fingerprint density at radius 3 is 2.29 bits per heavy atom. The van der Waals surface area contributed by atoms with Gasteiger partial charge in [0, 0.05) is 64.7 Å². The zero-order valence-corrected chi connectivity index (χ0v) is 40.3. The Hall–Kier alpha value is -5.17. The molecule has 18 heteroatoms. The first-order valence-electron chi connectivity index (χ1n) is 22.7. The minimum Gasteiger partial charge on any atom is -0.462 e. The Balaban J connectivity index is 1.58. The molecule has 0 radical (unpaired) electrons. The van der Waals surface area contributed by atoms with Gasteiger partial charge in [0.2, 0.25) is 24.1 Å². The van der Waals surface area contributed by atoms with Crippen molar-refractivity contribution in [2.45, 2.75) is 130 Å². The number of oxazole rings is 3. The molecule has 0 fully saturated rings. The zero-order chi connectivity index (χ0) is 48.7. The van der Waals surface area contributed by atoms with Crippen molar-refractivity contribution in [3.8, 4) is 23.2 Å². The average Bonchev–Trinajstić information content (AvgIpc) is 4.07. The molecule has 13 unspecified atom stereocenters. The smallest absolute Gasteiger partial charge is 0.404 e. The fourth-order valence-electron chi connectivity index (χ4n) is 8.60. The number of cyclic esters (lactones) is 1. The van der Waals surface area contributed by atoms with Gasteiger partial charge in [0.25, 0.3) is 0 Å². The second-order valence-electron chi connectivity index (χ2n) is 18.1. The van der Waals surface area contributed by atoms with Crippen molar-refractivity contribution in [1.82, 2.24) is 19.9 Å². The number of fused-ring (bicyclic) bond motifs is 8. The summed E-state index contributed by atoms with van der Waals surface area (Å²) in [6.45, 7) is 13.6. The minimum atomic E-state index is -1.03. The highest BCUT2D eigenvalue weighted by Crippen LogP contribution is 2.34. The van der Waals surface area contributed by atoms with Crippen LogP contribution < -0.4 is 5.73 Å². The monoisotopic (exact) mass is 926 g/mol. The summed E-state index contributed by atoms with van der Waals surface area (Å²) in [5, 5.41) is 11.4. The number of aromatic nitrogens is 3. The number of carbonyl (C=O) groups is 4. The van der Waals surface area contributed by atoms with Gasteiger partial charge in [0.15, 0.2) is 11.4 Å². The number of Topliss-reactive ketones (excluding diaryl/α,β-unsaturated/α-hetero) is 1. The molecule has 0 saturated heterocycles. The highest BCUT2D eigenvalue weighted by molar-refractivity contribution is 5.81. The van der Waals surface area contributed by atoms with Crippen LogP contribution in [0.1, 0.15) is 111 Å². The molecule has 3 aromatic rings. The Morgan fingerprint density at radius 1 is 0.939 bits per heavy atom. The van der Waals surface area contributed by atoms with Crippen LogP contribution in [0, 0.1) is 41.4 Å². The number of methoxy groups -OCH3 is 3. The second kappa shape index (κ2) is 25.7. The van der Waals surface area contributed by atoms with Gasteiger partial charge in [-0.15, -0.1) is 0 Å². The fourth-order valence-corrected chi connectivity index (χ4v) is 8.60. The normalized spacial score (nSPS) is 26.5. The van der Waals surface area contributed by atoms with Crippen LogP contribution in [-0.2, 0) is 38.1 Å². The van der Waals surface area contributed by atoms with Crippen molar-refractivity contribution < 1.29 is 61.2 Å². The van der Waals surface area contributed by atoms with E-state index in [1.165, 1.54) is 30.8 Å². The quantitative estimate of drug-likeness (QED) is 0.103. The standard InChI is InChI=1S/C48H71N5O13/c1-27-19-34(65-48(49)58)22-43(57)66-41(21-30(4)28(2)15-16-38(55)31(5)44(60-10)29(3)17-18-53(8)26-54)33(7)40(59-9)13-12-14-42-50-36(24-62-42)46-52-37(25-64-46)47-51-35(23-63-47)45(61-11)32(6)39(56)20-27/h12,14,17-18,23-34,39-41,44-45,56H,13,15-16,19-22H2,1-11H3,(H2,49,58)/b14-12+,18-17+. The van der Waals surface area contributed by atoms with Gasteiger partial charge in [0.05, 0.1) is 24.7 Å². The summed E-state index contributed by atoms with van der Waals surface area (Å²) >= 11 is 0. The Bertz CT molecular complexity index is 2040. The van der Waals surface area contributed by atoms with Gasteiger partial charge in [-0.05, 0) is 55.9 Å². The van der Waals surface area contributed by atoms with E-state index in [1.807, 2.05) is 46.8 Å². The van der Waals surface area contributed by atoms with E-state index in [0.717, 1.165) is 0 Å². The highest BCUT2D eigenvalue weighted by atomic mass is 16.6. The highest BCUT2D eigenvalue weighted by Gasteiger charge is 2.35. The van der Waals surface area contributed by atoms with Gasteiger partial charge in [0.1, 0.15) is 48.6 Å². The summed E-state index contributed by atoms with van der Waals surface area (Å²) in [5.74, 6) is -1.32. The maximum atomic E-state index is 13.9. The van der Waals surface area contributed by atoms with Crippen molar-refractivity contribution in [3.63, 3.8) is 0 Å². The predicted molar refractivity (Wildman–Crippen MR) is 243 cm³/mol. The van der Waals surface area contributed by atoms with Crippen molar-refractivity contribution in [2.24, 2.45) is 47.2 Å². The summed E-state index contributed by atoms with van der Waals surface area (Å²) < 4.78 is 46.4. The molecular weight excluding hydrogens is 855 g/mol. The minimum absolute atomic E-state index is 0.00120. The molecule has 66 heavy (non-hydrogen) atoms. The van der Waals surface area contributed by atoms with E-state index < -0.39 is 48.5 Å². The van der Waals surface area contributed by atoms with Crippen molar-refractivity contribution >= 4 is 30.3 Å². The first-order valence-corrected chi connectivity index (χ1v) is 22.7. The van der Waals surface area contributed by atoms with E-state index in [-0.39, 0.29) is 78.4 Å². The molecule has 1 aliphatic heterocycles. The number of nitrogens with zero attached hydrogens (tertiary/aromatic N) is 4. The lowest BCUT2D eigenvalue weighted by atomic mass is 9.81. The summed E-state index contributed by atoms with van der Waals surface area (Å²) in [6.07, 6.45) is 9.09. The molecule has 0 spiro atoms. The summed E-state index contributed by atoms with van der Waals surface area (Å²) in [4.78, 5) is 65.6. The second-order valence-corrected chi connectivity index (χ2v) is 18.1. The maximum absolute atomic E-state index is 13.9. The number of aliphatic hydroxyl groups is 1. The number of carbonyl (C=O) groups excluding carboxylic acids is 4. The Kier molecular flexibility index (Phi) is 20.8. The Labute approximate surface area is 388 Å². The van der Waals surface area contributed by atoms with Gasteiger partial charge >= 0.3 is 12.1 Å². The van der Waals surface area contributed by atoms with Gasteiger partial charge in [-0.1, -0.05) is 60.6 Å².